The lowest BCUT2D eigenvalue weighted by atomic mass is 9.96. The van der Waals surface area contributed by atoms with Crippen LogP contribution in [0.1, 0.15) is 30.5 Å². The predicted molar refractivity (Wildman–Crippen MR) is 119 cm³/mol. The molecular weight excluding hydrogens is 375 g/mol. The first-order chi connectivity index (χ1) is 14.7. The first kappa shape index (κ1) is 19.7. The Hall–Kier alpha value is -2.24. The van der Waals surface area contributed by atoms with Gasteiger partial charge in [-0.1, -0.05) is 30.3 Å². The molecule has 4 nitrogen and oxygen atoms in total. The van der Waals surface area contributed by atoms with Gasteiger partial charge in [0.15, 0.2) is 0 Å². The molecule has 5 heteroatoms. The molecule has 0 bridgehead atoms. The van der Waals surface area contributed by atoms with E-state index in [9.17, 15) is 4.39 Å². The molecule has 0 spiro atoms. The molecule has 0 N–H and O–H groups in total. The quantitative estimate of drug-likeness (QED) is 0.630. The maximum absolute atomic E-state index is 13.1. The average Bonchev–Trinajstić information content (AvgIpc) is 2.99. The molecule has 158 valence electrons. The van der Waals surface area contributed by atoms with Gasteiger partial charge in [-0.2, -0.15) is 5.10 Å². The molecule has 0 radical (unpaired) electrons. The van der Waals surface area contributed by atoms with Crippen molar-refractivity contribution in [3.05, 3.63) is 65.6 Å². The molecule has 1 fully saturated rings. The molecule has 3 aromatic rings. The minimum absolute atomic E-state index is 0.150. The molecular formula is C25H31FN4. The summed E-state index contributed by atoms with van der Waals surface area (Å²) < 4.78 is 15.4. The molecule has 2 aliphatic heterocycles. The summed E-state index contributed by atoms with van der Waals surface area (Å²) in [6.07, 6.45) is 4.77. The highest BCUT2D eigenvalue weighted by molar-refractivity contribution is 5.81. The van der Waals surface area contributed by atoms with Gasteiger partial charge in [0.05, 0.1) is 11.2 Å². The second kappa shape index (κ2) is 8.86. The van der Waals surface area contributed by atoms with Crippen molar-refractivity contribution in [1.82, 2.24) is 19.6 Å². The highest BCUT2D eigenvalue weighted by Gasteiger charge is 2.24. The minimum atomic E-state index is -0.150. The van der Waals surface area contributed by atoms with Crippen molar-refractivity contribution in [2.75, 3.05) is 32.7 Å². The van der Waals surface area contributed by atoms with E-state index in [0.29, 0.717) is 0 Å². The van der Waals surface area contributed by atoms with Crippen LogP contribution in [0.4, 0.5) is 4.39 Å². The number of halogens is 1. The Morgan fingerprint density at radius 2 is 1.77 bits per heavy atom. The molecule has 1 aromatic heterocycles. The summed E-state index contributed by atoms with van der Waals surface area (Å²) in [6.45, 7) is 7.80. The minimum Gasteiger partial charge on any atom is -0.303 e. The van der Waals surface area contributed by atoms with Gasteiger partial charge in [0.25, 0.3) is 0 Å². The van der Waals surface area contributed by atoms with E-state index in [2.05, 4.69) is 38.7 Å². The van der Waals surface area contributed by atoms with Gasteiger partial charge < -0.3 is 4.90 Å². The number of piperidine rings is 1. The molecule has 30 heavy (non-hydrogen) atoms. The van der Waals surface area contributed by atoms with Crippen molar-refractivity contribution in [3.63, 3.8) is 0 Å². The number of fused-ring (bicyclic) bond motifs is 3. The van der Waals surface area contributed by atoms with Crippen molar-refractivity contribution < 1.29 is 4.39 Å². The molecule has 2 aliphatic rings. The van der Waals surface area contributed by atoms with E-state index < -0.39 is 0 Å². The van der Waals surface area contributed by atoms with Crippen LogP contribution in [-0.4, -0.2) is 52.3 Å². The van der Waals surface area contributed by atoms with Crippen molar-refractivity contribution in [3.8, 4) is 0 Å². The van der Waals surface area contributed by atoms with Crippen LogP contribution in [0.3, 0.4) is 0 Å². The van der Waals surface area contributed by atoms with Crippen LogP contribution in [0.25, 0.3) is 10.9 Å². The van der Waals surface area contributed by atoms with Gasteiger partial charge >= 0.3 is 0 Å². The molecule has 2 aromatic carbocycles. The van der Waals surface area contributed by atoms with Gasteiger partial charge in [-0.25, -0.2) is 4.39 Å². The van der Waals surface area contributed by atoms with Crippen LogP contribution in [0, 0.1) is 11.7 Å². The molecule has 1 unspecified atom stereocenters. The molecule has 1 atom stereocenters. The smallest absolute Gasteiger partial charge is 0.123 e. The third-order valence-electron chi connectivity index (χ3n) is 6.72. The van der Waals surface area contributed by atoms with E-state index in [1.807, 2.05) is 12.1 Å². The van der Waals surface area contributed by atoms with Gasteiger partial charge in [0.1, 0.15) is 5.82 Å². The number of aryl methyl sites for hydroxylation is 1. The van der Waals surface area contributed by atoms with Crippen LogP contribution < -0.4 is 0 Å². The summed E-state index contributed by atoms with van der Waals surface area (Å²) in [7, 11) is 0. The summed E-state index contributed by atoms with van der Waals surface area (Å²) in [6, 6.07) is 15.5. The van der Waals surface area contributed by atoms with Gasteiger partial charge in [-0.05, 0) is 61.9 Å². The van der Waals surface area contributed by atoms with Crippen LogP contribution in [-0.2, 0) is 19.5 Å². The fraction of sp³-hybridized carbons (Fsp3) is 0.480. The highest BCUT2D eigenvalue weighted by Crippen LogP contribution is 2.25. The Morgan fingerprint density at radius 1 is 0.933 bits per heavy atom. The lowest BCUT2D eigenvalue weighted by molar-refractivity contribution is 0.131. The molecule has 0 amide bonds. The maximum atomic E-state index is 13.1. The summed E-state index contributed by atoms with van der Waals surface area (Å²) in [5.41, 5.74) is 3.73. The molecule has 0 aliphatic carbocycles. The number of likely N-dealkylation sites (tertiary alicyclic amines) is 1. The normalized spacial score (nSPS) is 20.9. The zero-order valence-corrected chi connectivity index (χ0v) is 17.6. The number of benzene rings is 2. The summed E-state index contributed by atoms with van der Waals surface area (Å²) >= 11 is 0. The predicted octanol–water partition coefficient (Wildman–Crippen LogP) is 4.34. The summed E-state index contributed by atoms with van der Waals surface area (Å²) in [5.74, 6) is 0.580. The van der Waals surface area contributed by atoms with Crippen LogP contribution >= 0.6 is 0 Å². The van der Waals surface area contributed by atoms with E-state index in [1.165, 1.54) is 55.5 Å². The van der Waals surface area contributed by atoms with Crippen LogP contribution in [0.15, 0.2) is 48.5 Å². The Labute approximate surface area is 178 Å². The van der Waals surface area contributed by atoms with Crippen molar-refractivity contribution in [2.45, 2.75) is 38.8 Å². The second-order valence-corrected chi connectivity index (χ2v) is 8.96. The summed E-state index contributed by atoms with van der Waals surface area (Å²) in [4.78, 5) is 5.26. The maximum Gasteiger partial charge on any atom is 0.123 e. The topological polar surface area (TPSA) is 24.3 Å². The fourth-order valence-corrected chi connectivity index (χ4v) is 5.18. The monoisotopic (exact) mass is 406 g/mol. The first-order valence-electron chi connectivity index (χ1n) is 11.4. The fourth-order valence-electron chi connectivity index (χ4n) is 5.18. The number of aromatic nitrogens is 2. The van der Waals surface area contributed by atoms with Gasteiger partial charge in [-0.15, -0.1) is 0 Å². The lowest BCUT2D eigenvalue weighted by Crippen LogP contribution is -2.41. The lowest BCUT2D eigenvalue weighted by Gasteiger charge is -2.35. The average molecular weight is 407 g/mol. The Morgan fingerprint density at radius 3 is 2.67 bits per heavy atom. The zero-order chi connectivity index (χ0) is 20.3. The van der Waals surface area contributed by atoms with E-state index in [0.717, 1.165) is 44.0 Å². The molecule has 0 saturated carbocycles. The van der Waals surface area contributed by atoms with E-state index >= 15 is 0 Å². The Balaban J connectivity index is 1.19. The van der Waals surface area contributed by atoms with Crippen molar-refractivity contribution in [2.24, 2.45) is 5.92 Å². The Bertz CT molecular complexity index is 980. The van der Waals surface area contributed by atoms with Crippen LogP contribution in [0.5, 0.6) is 0 Å². The highest BCUT2D eigenvalue weighted by atomic mass is 19.1. The van der Waals surface area contributed by atoms with Crippen molar-refractivity contribution in [1.29, 1.82) is 0 Å². The number of hydrogen-bond acceptors (Lipinski definition) is 3. The molecule has 1 saturated heterocycles. The SMILES string of the molecule is Fc1ccc(CCN2CCCC(CN3CCCn4nc5ccccc5c4C3)C2)cc1. The van der Waals surface area contributed by atoms with Crippen molar-refractivity contribution >= 4 is 10.9 Å². The molecule has 5 rings (SSSR count). The first-order valence-corrected chi connectivity index (χ1v) is 11.4. The third-order valence-corrected chi connectivity index (χ3v) is 6.72. The summed E-state index contributed by atoms with van der Waals surface area (Å²) in [5, 5.41) is 6.14. The zero-order valence-electron chi connectivity index (χ0n) is 17.6. The molecule has 3 heterocycles. The number of rotatable bonds is 5. The van der Waals surface area contributed by atoms with Crippen LogP contribution in [0.2, 0.25) is 0 Å². The largest absolute Gasteiger partial charge is 0.303 e. The Kier molecular flexibility index (Phi) is 5.82. The van der Waals surface area contributed by atoms with E-state index in [4.69, 9.17) is 5.10 Å². The van der Waals surface area contributed by atoms with Gasteiger partial charge in [0, 0.05) is 44.7 Å². The van der Waals surface area contributed by atoms with E-state index in [-0.39, 0.29) is 5.82 Å². The third kappa shape index (κ3) is 4.42. The van der Waals surface area contributed by atoms with E-state index in [1.54, 1.807) is 12.1 Å². The standard InChI is InChI=1S/C25H31FN4/c26-22-10-8-20(9-11-22)12-16-28-13-3-5-21(17-28)18-29-14-4-15-30-25(19-29)23-6-1-2-7-24(23)27-30/h1-2,6-11,21H,3-5,12-19H2. The number of nitrogens with zero attached hydrogens (tertiary/aromatic N) is 4. The van der Waals surface area contributed by atoms with Gasteiger partial charge in [0.2, 0.25) is 0 Å². The number of hydrogen-bond donors (Lipinski definition) is 0. The van der Waals surface area contributed by atoms with Gasteiger partial charge in [-0.3, -0.25) is 9.58 Å². The second-order valence-electron chi connectivity index (χ2n) is 8.96.